The zero-order chi connectivity index (χ0) is 13.9. The van der Waals surface area contributed by atoms with Crippen LogP contribution in [0.1, 0.15) is 17.3 Å². The molecule has 100 valence electrons. The van der Waals surface area contributed by atoms with Crippen molar-refractivity contribution in [3.05, 3.63) is 28.4 Å². The first-order valence-electron chi connectivity index (χ1n) is 5.02. The van der Waals surface area contributed by atoms with Crippen molar-refractivity contribution in [2.75, 3.05) is 13.2 Å². The highest BCUT2D eigenvalue weighted by Crippen LogP contribution is 2.23. The van der Waals surface area contributed by atoms with Crippen LogP contribution in [-0.4, -0.2) is 34.9 Å². The quantitative estimate of drug-likeness (QED) is 0.373. The first kappa shape index (κ1) is 16.9. The van der Waals surface area contributed by atoms with Crippen LogP contribution >= 0.6 is 67.8 Å². The molecule has 0 atom stereocenters. The van der Waals surface area contributed by atoms with Gasteiger partial charge in [-0.15, -0.1) is 0 Å². The van der Waals surface area contributed by atoms with E-state index in [2.05, 4.69) is 73.1 Å². The van der Waals surface area contributed by atoms with Crippen LogP contribution < -0.4 is 5.32 Å². The summed E-state index contributed by atoms with van der Waals surface area (Å²) in [6.45, 7) is 0.969. The van der Waals surface area contributed by atoms with Gasteiger partial charge in [0.15, 0.2) is 0 Å². The third-order valence-corrected chi connectivity index (χ3v) is 6.02. The van der Waals surface area contributed by atoms with E-state index < -0.39 is 5.54 Å². The molecule has 18 heavy (non-hydrogen) atoms. The Labute approximate surface area is 146 Å². The molecule has 0 spiro atoms. The molecule has 0 fully saturated rings. The van der Waals surface area contributed by atoms with Crippen molar-refractivity contribution in [2.45, 2.75) is 12.5 Å². The highest BCUT2D eigenvalue weighted by atomic mass is 127. The highest BCUT2D eigenvalue weighted by molar-refractivity contribution is 14.1. The molecule has 1 rings (SSSR count). The Bertz CT molecular complexity index is 461. The van der Waals surface area contributed by atoms with Gasteiger partial charge in [0.2, 0.25) is 0 Å². The number of hydrogen-bond donors (Lipinski definition) is 3. The molecular formula is C11H12I3NO3. The Morgan fingerprint density at radius 3 is 2.33 bits per heavy atom. The molecule has 0 aliphatic carbocycles. The standard InChI is InChI=1S/C11H12I3NO3/c1-11(4-16,5-17)15-10(18)7-2-6(12)3-8(13)9(7)14/h2-3,16-17H,4-5H2,1H3,(H,15,18). The van der Waals surface area contributed by atoms with Gasteiger partial charge in [-0.05, 0) is 86.8 Å². The molecule has 0 bridgehead atoms. The maximum atomic E-state index is 12.2. The topological polar surface area (TPSA) is 69.6 Å². The third kappa shape index (κ3) is 4.15. The summed E-state index contributed by atoms with van der Waals surface area (Å²) in [6.07, 6.45) is 0. The molecule has 0 saturated carbocycles. The van der Waals surface area contributed by atoms with E-state index in [9.17, 15) is 15.0 Å². The molecule has 1 aromatic carbocycles. The molecule has 0 heterocycles. The molecule has 0 aliphatic rings. The lowest BCUT2D eigenvalue weighted by atomic mass is 10.0. The summed E-state index contributed by atoms with van der Waals surface area (Å²) in [4.78, 5) is 12.2. The second-order valence-corrected chi connectivity index (χ2v) is 7.57. The SMILES string of the molecule is CC(CO)(CO)NC(=O)c1cc(I)cc(I)c1I. The van der Waals surface area contributed by atoms with Crippen LogP contribution in [-0.2, 0) is 0 Å². The molecule has 4 nitrogen and oxygen atoms in total. The Morgan fingerprint density at radius 1 is 1.28 bits per heavy atom. The first-order valence-corrected chi connectivity index (χ1v) is 8.25. The second-order valence-electron chi connectivity index (χ2n) is 4.08. The Hall–Kier alpha value is 0.800. The minimum absolute atomic E-state index is 0.290. The average Bonchev–Trinajstić information content (AvgIpc) is 2.33. The van der Waals surface area contributed by atoms with E-state index in [1.54, 1.807) is 13.0 Å². The number of rotatable bonds is 4. The number of aliphatic hydroxyl groups is 2. The minimum Gasteiger partial charge on any atom is -0.394 e. The second kappa shape index (κ2) is 6.99. The van der Waals surface area contributed by atoms with Gasteiger partial charge >= 0.3 is 0 Å². The van der Waals surface area contributed by atoms with Crippen molar-refractivity contribution < 1.29 is 15.0 Å². The number of aliphatic hydroxyl groups excluding tert-OH is 2. The normalized spacial score (nSPS) is 11.4. The largest absolute Gasteiger partial charge is 0.394 e. The molecule has 3 N–H and O–H groups in total. The van der Waals surface area contributed by atoms with Crippen molar-refractivity contribution in [1.29, 1.82) is 0 Å². The van der Waals surface area contributed by atoms with Crippen molar-refractivity contribution in [3.63, 3.8) is 0 Å². The van der Waals surface area contributed by atoms with Crippen LogP contribution in [0.5, 0.6) is 0 Å². The molecule has 0 aromatic heterocycles. The van der Waals surface area contributed by atoms with Gasteiger partial charge < -0.3 is 15.5 Å². The number of benzene rings is 1. The number of amides is 1. The Kier molecular flexibility index (Phi) is 6.55. The summed E-state index contributed by atoms with van der Waals surface area (Å²) < 4.78 is 2.83. The molecule has 7 heteroatoms. The summed E-state index contributed by atoms with van der Waals surface area (Å²) in [5.41, 5.74) is -0.451. The van der Waals surface area contributed by atoms with Crippen molar-refractivity contribution in [3.8, 4) is 0 Å². The fourth-order valence-electron chi connectivity index (χ4n) is 1.19. The van der Waals surface area contributed by atoms with Crippen LogP contribution in [0.15, 0.2) is 12.1 Å². The van der Waals surface area contributed by atoms with Gasteiger partial charge in [-0.25, -0.2) is 0 Å². The highest BCUT2D eigenvalue weighted by Gasteiger charge is 2.26. The number of nitrogens with one attached hydrogen (secondary N) is 1. The molecular weight excluding hydrogens is 575 g/mol. The third-order valence-electron chi connectivity index (χ3n) is 2.35. The van der Waals surface area contributed by atoms with Crippen molar-refractivity contribution in [2.24, 2.45) is 0 Å². The van der Waals surface area contributed by atoms with E-state index in [0.29, 0.717) is 5.56 Å². The van der Waals surface area contributed by atoms with E-state index in [0.717, 1.165) is 10.7 Å². The van der Waals surface area contributed by atoms with E-state index >= 15 is 0 Å². The smallest absolute Gasteiger partial charge is 0.253 e. The Morgan fingerprint density at radius 2 is 1.83 bits per heavy atom. The lowest BCUT2D eigenvalue weighted by molar-refractivity contribution is 0.0723. The van der Waals surface area contributed by atoms with Crippen LogP contribution in [0.3, 0.4) is 0 Å². The molecule has 1 amide bonds. The van der Waals surface area contributed by atoms with Gasteiger partial charge in [0.05, 0.1) is 24.3 Å². The van der Waals surface area contributed by atoms with Gasteiger partial charge in [-0.2, -0.15) is 0 Å². The predicted molar refractivity (Wildman–Crippen MR) is 94.6 cm³/mol. The lowest BCUT2D eigenvalue weighted by Crippen LogP contribution is -2.51. The van der Waals surface area contributed by atoms with Crippen LogP contribution in [0.4, 0.5) is 0 Å². The molecule has 0 unspecified atom stereocenters. The maximum absolute atomic E-state index is 12.2. The first-order chi connectivity index (χ1) is 8.33. The van der Waals surface area contributed by atoms with Gasteiger partial charge in [-0.3, -0.25) is 4.79 Å². The van der Waals surface area contributed by atoms with Gasteiger partial charge in [0.25, 0.3) is 5.91 Å². The van der Waals surface area contributed by atoms with Crippen LogP contribution in [0, 0.1) is 10.7 Å². The number of halogens is 3. The minimum atomic E-state index is -1.01. The van der Waals surface area contributed by atoms with Gasteiger partial charge in [-0.1, -0.05) is 0 Å². The van der Waals surface area contributed by atoms with Crippen molar-refractivity contribution in [1.82, 2.24) is 5.32 Å². The summed E-state index contributed by atoms with van der Waals surface area (Å²) in [5, 5.41) is 21.0. The van der Waals surface area contributed by atoms with Crippen molar-refractivity contribution >= 4 is 73.7 Å². The lowest BCUT2D eigenvalue weighted by Gasteiger charge is -2.26. The van der Waals surface area contributed by atoms with E-state index in [-0.39, 0.29) is 19.1 Å². The summed E-state index contributed by atoms with van der Waals surface area (Å²) in [7, 11) is 0. The molecule has 1 aromatic rings. The molecule has 0 aliphatic heterocycles. The summed E-state index contributed by atoms with van der Waals surface area (Å²) in [6, 6.07) is 3.77. The fraction of sp³-hybridized carbons (Fsp3) is 0.364. The summed E-state index contributed by atoms with van der Waals surface area (Å²) in [5.74, 6) is -0.290. The molecule has 0 saturated heterocycles. The number of carbonyl (C=O) groups excluding carboxylic acids is 1. The number of carbonyl (C=O) groups is 1. The maximum Gasteiger partial charge on any atom is 0.253 e. The van der Waals surface area contributed by atoms with Crippen LogP contribution in [0.2, 0.25) is 0 Å². The monoisotopic (exact) mass is 587 g/mol. The Balaban J connectivity index is 3.05. The predicted octanol–water partition coefficient (Wildman–Crippen LogP) is 1.97. The van der Waals surface area contributed by atoms with Crippen LogP contribution in [0.25, 0.3) is 0 Å². The fourth-order valence-corrected chi connectivity index (χ4v) is 3.59. The van der Waals surface area contributed by atoms with Gasteiger partial charge in [0, 0.05) is 10.7 Å². The summed E-state index contributed by atoms with van der Waals surface area (Å²) >= 11 is 6.44. The molecule has 0 radical (unpaired) electrons. The van der Waals surface area contributed by atoms with E-state index in [4.69, 9.17) is 0 Å². The zero-order valence-corrected chi connectivity index (χ0v) is 16.0. The average molecular weight is 587 g/mol. The zero-order valence-electron chi connectivity index (χ0n) is 9.51. The number of hydrogen-bond acceptors (Lipinski definition) is 3. The van der Waals surface area contributed by atoms with E-state index in [1.165, 1.54) is 0 Å². The van der Waals surface area contributed by atoms with E-state index in [1.807, 2.05) is 6.07 Å². The van der Waals surface area contributed by atoms with Gasteiger partial charge in [0.1, 0.15) is 0 Å².